The Morgan fingerprint density at radius 3 is 2.65 bits per heavy atom. The van der Waals surface area contributed by atoms with E-state index in [-0.39, 0.29) is 0 Å². The number of hydrogen-bond donors (Lipinski definition) is 1. The third-order valence-electron chi connectivity index (χ3n) is 4.82. The zero-order chi connectivity index (χ0) is 13.8. The molecule has 0 atom stereocenters. The molecular weight excluding hydrogens is 245 g/mol. The smallest absolute Gasteiger partial charge is 0.122 e. The predicted molar refractivity (Wildman–Crippen MR) is 84.1 cm³/mol. The van der Waals surface area contributed by atoms with Gasteiger partial charge in [0.1, 0.15) is 13.6 Å². The molecule has 2 aliphatic rings. The molecule has 1 aliphatic carbocycles. The van der Waals surface area contributed by atoms with Gasteiger partial charge in [0.25, 0.3) is 0 Å². The van der Waals surface area contributed by atoms with E-state index in [1.165, 1.54) is 57.2 Å². The van der Waals surface area contributed by atoms with Gasteiger partial charge in [-0.3, -0.25) is 0 Å². The third kappa shape index (κ3) is 3.38. The number of nitrogens with one attached hydrogen (secondary N) is 1. The summed E-state index contributed by atoms with van der Waals surface area (Å²) in [7, 11) is 5.93. The van der Waals surface area contributed by atoms with Crippen LogP contribution < -0.4 is 15.5 Å². The summed E-state index contributed by atoms with van der Waals surface area (Å²) in [5, 5.41) is 3.41. The molecule has 1 N–H and O–H groups in total. The van der Waals surface area contributed by atoms with Gasteiger partial charge < -0.3 is 10.1 Å². The Kier molecular flexibility index (Phi) is 4.67. The van der Waals surface area contributed by atoms with Crippen molar-refractivity contribution in [3.63, 3.8) is 0 Å². The topological polar surface area (TPSA) is 21.3 Å². The minimum Gasteiger partial charge on any atom is -0.493 e. The molecule has 3 heteroatoms. The van der Waals surface area contributed by atoms with Gasteiger partial charge in [0.2, 0.25) is 0 Å². The normalized spacial score (nSPS) is 20.6. The van der Waals surface area contributed by atoms with Crippen molar-refractivity contribution in [2.45, 2.75) is 44.4 Å². The van der Waals surface area contributed by atoms with Crippen molar-refractivity contribution < 1.29 is 4.74 Å². The van der Waals surface area contributed by atoms with E-state index in [1.807, 2.05) is 6.07 Å². The molecule has 1 aliphatic heterocycles. The average molecular weight is 269 g/mol. The van der Waals surface area contributed by atoms with Gasteiger partial charge >= 0.3 is 0 Å². The standard InChI is InChI=1S/C17H24BNO/c18-15-4-5-17(16(12-15)14-2-1-3-14)20-11-8-13-6-9-19-10-7-13/h4-5,12-14,19H,1-3,6-11H2. The second-order valence-electron chi connectivity index (χ2n) is 6.26. The van der Waals surface area contributed by atoms with Gasteiger partial charge in [-0.1, -0.05) is 24.0 Å². The molecule has 0 aromatic heterocycles. The molecule has 0 spiro atoms. The molecule has 1 heterocycles. The highest BCUT2D eigenvalue weighted by Crippen LogP contribution is 2.40. The van der Waals surface area contributed by atoms with Crippen LogP contribution in [0.2, 0.25) is 0 Å². The summed E-state index contributed by atoms with van der Waals surface area (Å²) in [5.41, 5.74) is 2.19. The van der Waals surface area contributed by atoms with Gasteiger partial charge in [0.05, 0.1) is 6.61 Å². The van der Waals surface area contributed by atoms with Crippen molar-refractivity contribution >= 4 is 13.3 Å². The molecule has 2 nitrogen and oxygen atoms in total. The van der Waals surface area contributed by atoms with Gasteiger partial charge in [0, 0.05) is 0 Å². The van der Waals surface area contributed by atoms with Gasteiger partial charge in [-0.05, 0) is 68.7 Å². The second-order valence-corrected chi connectivity index (χ2v) is 6.26. The first-order valence-electron chi connectivity index (χ1n) is 8.06. The van der Waals surface area contributed by atoms with E-state index in [0.717, 1.165) is 23.7 Å². The van der Waals surface area contributed by atoms with E-state index in [2.05, 4.69) is 17.4 Å². The maximum Gasteiger partial charge on any atom is 0.122 e. The summed E-state index contributed by atoms with van der Waals surface area (Å²) in [6.45, 7) is 3.17. The SMILES string of the molecule is [B]c1ccc(OCCC2CCNCC2)c(C2CCC2)c1. The van der Waals surface area contributed by atoms with Crippen LogP contribution in [0.25, 0.3) is 0 Å². The van der Waals surface area contributed by atoms with Crippen LogP contribution in [0.1, 0.15) is 50.0 Å². The van der Waals surface area contributed by atoms with Gasteiger partial charge in [-0.2, -0.15) is 0 Å². The highest BCUT2D eigenvalue weighted by atomic mass is 16.5. The average Bonchev–Trinajstić information content (AvgIpc) is 2.40. The van der Waals surface area contributed by atoms with E-state index in [9.17, 15) is 0 Å². The molecule has 20 heavy (non-hydrogen) atoms. The predicted octanol–water partition coefficient (Wildman–Crippen LogP) is 2.52. The largest absolute Gasteiger partial charge is 0.493 e. The van der Waals surface area contributed by atoms with Crippen molar-refractivity contribution in [3.05, 3.63) is 23.8 Å². The number of hydrogen-bond acceptors (Lipinski definition) is 2. The Labute approximate surface area is 123 Å². The molecule has 0 bridgehead atoms. The van der Waals surface area contributed by atoms with Crippen LogP contribution in [0.4, 0.5) is 0 Å². The van der Waals surface area contributed by atoms with Gasteiger partial charge in [0.15, 0.2) is 0 Å². The lowest BCUT2D eigenvalue weighted by Gasteiger charge is -2.28. The van der Waals surface area contributed by atoms with Crippen LogP contribution in [0.15, 0.2) is 18.2 Å². The van der Waals surface area contributed by atoms with Crippen LogP contribution in [-0.4, -0.2) is 27.5 Å². The number of rotatable bonds is 5. The molecule has 0 amide bonds. The van der Waals surface area contributed by atoms with E-state index in [4.69, 9.17) is 12.6 Å². The van der Waals surface area contributed by atoms with Crippen molar-refractivity contribution in [1.29, 1.82) is 0 Å². The monoisotopic (exact) mass is 269 g/mol. The number of piperidine rings is 1. The zero-order valence-electron chi connectivity index (χ0n) is 12.2. The van der Waals surface area contributed by atoms with Gasteiger partial charge in [-0.15, -0.1) is 0 Å². The van der Waals surface area contributed by atoms with Crippen molar-refractivity contribution in [1.82, 2.24) is 5.32 Å². The fraction of sp³-hybridized carbons (Fsp3) is 0.647. The van der Waals surface area contributed by atoms with Crippen LogP contribution in [-0.2, 0) is 0 Å². The third-order valence-corrected chi connectivity index (χ3v) is 4.82. The highest BCUT2D eigenvalue weighted by Gasteiger charge is 2.23. The molecule has 3 rings (SSSR count). The Balaban J connectivity index is 1.56. The molecule has 106 valence electrons. The molecular formula is C17H24BNO. The number of benzene rings is 1. The molecule has 1 aromatic carbocycles. The summed E-state index contributed by atoms with van der Waals surface area (Å²) in [6, 6.07) is 6.14. The Morgan fingerprint density at radius 1 is 1.15 bits per heavy atom. The maximum absolute atomic E-state index is 6.08. The van der Waals surface area contributed by atoms with E-state index in [1.54, 1.807) is 0 Å². The lowest BCUT2D eigenvalue weighted by atomic mass is 9.78. The van der Waals surface area contributed by atoms with Gasteiger partial charge in [-0.25, -0.2) is 0 Å². The van der Waals surface area contributed by atoms with Crippen LogP contribution in [0.5, 0.6) is 5.75 Å². The first kappa shape index (κ1) is 14.0. The second kappa shape index (κ2) is 6.67. The lowest BCUT2D eigenvalue weighted by molar-refractivity contribution is 0.247. The molecule has 0 unspecified atom stereocenters. The molecule has 1 aromatic rings. The summed E-state index contributed by atoms with van der Waals surface area (Å²) in [6.07, 6.45) is 7.67. The van der Waals surface area contributed by atoms with Crippen LogP contribution in [0, 0.1) is 5.92 Å². The summed E-state index contributed by atoms with van der Waals surface area (Å²) < 4.78 is 6.08. The minimum atomic E-state index is 0.674. The zero-order valence-corrected chi connectivity index (χ0v) is 12.2. The Hall–Kier alpha value is -0.955. The van der Waals surface area contributed by atoms with E-state index < -0.39 is 0 Å². The van der Waals surface area contributed by atoms with Crippen molar-refractivity contribution in [2.24, 2.45) is 5.92 Å². The van der Waals surface area contributed by atoms with Crippen molar-refractivity contribution in [3.8, 4) is 5.75 Å². The fourth-order valence-electron chi connectivity index (χ4n) is 3.24. The molecule has 1 saturated carbocycles. The van der Waals surface area contributed by atoms with Crippen molar-refractivity contribution in [2.75, 3.05) is 19.7 Å². The summed E-state index contributed by atoms with van der Waals surface area (Å²) in [4.78, 5) is 0. The minimum absolute atomic E-state index is 0.674. The van der Waals surface area contributed by atoms with Crippen LogP contribution >= 0.6 is 0 Å². The quantitative estimate of drug-likeness (QED) is 0.829. The maximum atomic E-state index is 6.08. The Bertz CT molecular complexity index is 439. The Morgan fingerprint density at radius 2 is 1.95 bits per heavy atom. The summed E-state index contributed by atoms with van der Waals surface area (Å²) in [5.74, 6) is 2.57. The van der Waals surface area contributed by atoms with E-state index >= 15 is 0 Å². The van der Waals surface area contributed by atoms with Crippen LogP contribution in [0.3, 0.4) is 0 Å². The first-order valence-corrected chi connectivity index (χ1v) is 8.06. The molecule has 2 radical (unpaired) electrons. The first-order chi connectivity index (χ1) is 9.83. The molecule has 1 saturated heterocycles. The fourth-order valence-corrected chi connectivity index (χ4v) is 3.24. The van der Waals surface area contributed by atoms with E-state index in [0.29, 0.717) is 5.92 Å². The highest BCUT2D eigenvalue weighted by molar-refractivity contribution is 6.32. The molecule has 2 fully saturated rings. The number of ether oxygens (including phenoxy) is 1. The lowest BCUT2D eigenvalue weighted by Crippen LogP contribution is -2.28. The summed E-state index contributed by atoms with van der Waals surface area (Å²) >= 11 is 0.